The van der Waals surface area contributed by atoms with Gasteiger partial charge in [0, 0.05) is 33.9 Å². The third-order valence-corrected chi connectivity index (χ3v) is 3.27. The van der Waals surface area contributed by atoms with Crippen molar-refractivity contribution in [3.05, 3.63) is 42.2 Å². The Morgan fingerprint density at radius 2 is 2.11 bits per heavy atom. The summed E-state index contributed by atoms with van der Waals surface area (Å²) in [5.41, 5.74) is 8.02. The predicted octanol–water partition coefficient (Wildman–Crippen LogP) is 1.90. The van der Waals surface area contributed by atoms with Gasteiger partial charge in [-0.25, -0.2) is 9.19 Å². The van der Waals surface area contributed by atoms with Crippen molar-refractivity contribution < 1.29 is 4.21 Å². The minimum atomic E-state index is -2.56. The molecule has 3 N–H and O–H groups in total. The Bertz CT molecular complexity index is 667. The van der Waals surface area contributed by atoms with Gasteiger partial charge in [-0.15, -0.1) is 0 Å². The number of hydrogen-bond acceptors (Lipinski definition) is 5. The van der Waals surface area contributed by atoms with Gasteiger partial charge in [-0.05, 0) is 29.8 Å². The Morgan fingerprint density at radius 3 is 2.78 bits per heavy atom. The highest BCUT2D eigenvalue weighted by Gasteiger charge is 2.07. The lowest BCUT2D eigenvalue weighted by Gasteiger charge is -2.06. The van der Waals surface area contributed by atoms with Crippen molar-refractivity contribution in [3.63, 3.8) is 0 Å². The van der Waals surface area contributed by atoms with E-state index < -0.39 is 9.73 Å². The Morgan fingerprint density at radius 1 is 1.33 bits per heavy atom. The van der Waals surface area contributed by atoms with E-state index in [-0.39, 0.29) is 5.75 Å². The monoisotopic (exact) mass is 262 g/mol. The van der Waals surface area contributed by atoms with E-state index in [1.165, 1.54) is 6.26 Å². The van der Waals surface area contributed by atoms with E-state index in [4.69, 9.17) is 10.5 Å². The number of anilines is 1. The summed E-state index contributed by atoms with van der Waals surface area (Å²) in [6.45, 7) is 0. The molecule has 0 aliphatic rings. The molecule has 0 saturated carbocycles. The van der Waals surface area contributed by atoms with Crippen LogP contribution in [0.3, 0.4) is 0 Å². The van der Waals surface area contributed by atoms with Gasteiger partial charge < -0.3 is 5.73 Å². The standard InChI is InChI=1S/C12H14N4OS/c1-18(14,17)8-9-4-6-15-11(7-9)10-3-2-5-16-12(10)13/h2-7,14H,8H2,1H3,(H2,13,16). The van der Waals surface area contributed by atoms with Gasteiger partial charge in [0.05, 0.1) is 11.4 Å². The van der Waals surface area contributed by atoms with Gasteiger partial charge in [-0.1, -0.05) is 0 Å². The molecule has 0 aliphatic heterocycles. The average Bonchev–Trinajstić information content (AvgIpc) is 2.27. The van der Waals surface area contributed by atoms with Crippen molar-refractivity contribution in [2.45, 2.75) is 5.75 Å². The summed E-state index contributed by atoms with van der Waals surface area (Å²) in [4.78, 5) is 8.23. The van der Waals surface area contributed by atoms with E-state index in [1.807, 2.05) is 6.07 Å². The lowest BCUT2D eigenvalue weighted by Crippen LogP contribution is -2.00. The van der Waals surface area contributed by atoms with Crippen molar-refractivity contribution >= 4 is 15.5 Å². The highest BCUT2D eigenvalue weighted by atomic mass is 32.2. The van der Waals surface area contributed by atoms with Crippen LogP contribution >= 0.6 is 0 Å². The van der Waals surface area contributed by atoms with E-state index >= 15 is 0 Å². The number of hydrogen-bond donors (Lipinski definition) is 2. The summed E-state index contributed by atoms with van der Waals surface area (Å²) in [5, 5.41) is 0. The summed E-state index contributed by atoms with van der Waals surface area (Å²) < 4.78 is 18.9. The molecule has 1 unspecified atom stereocenters. The Hall–Kier alpha value is -1.95. The number of nitrogen functional groups attached to an aromatic ring is 1. The van der Waals surface area contributed by atoms with Gasteiger partial charge in [-0.3, -0.25) is 9.76 Å². The maximum Gasteiger partial charge on any atom is 0.132 e. The van der Waals surface area contributed by atoms with Crippen LogP contribution in [0.5, 0.6) is 0 Å². The molecule has 2 heterocycles. The van der Waals surface area contributed by atoms with E-state index in [9.17, 15) is 4.21 Å². The molecule has 0 saturated heterocycles. The first-order chi connectivity index (χ1) is 8.46. The molecule has 2 aromatic heterocycles. The second-order valence-corrected chi connectivity index (χ2v) is 6.43. The number of nitrogens with one attached hydrogen (secondary N) is 1. The normalized spacial score (nSPS) is 14.1. The van der Waals surface area contributed by atoms with Crippen LogP contribution in [0.1, 0.15) is 5.56 Å². The lowest BCUT2D eigenvalue weighted by molar-refractivity contribution is 0.678. The van der Waals surface area contributed by atoms with Crippen molar-refractivity contribution in [2.75, 3.05) is 12.0 Å². The van der Waals surface area contributed by atoms with E-state index in [2.05, 4.69) is 9.97 Å². The van der Waals surface area contributed by atoms with E-state index in [1.54, 1.807) is 30.6 Å². The van der Waals surface area contributed by atoms with Crippen LogP contribution in [-0.4, -0.2) is 20.4 Å². The van der Waals surface area contributed by atoms with Gasteiger partial charge in [0.1, 0.15) is 5.82 Å². The second kappa shape index (κ2) is 4.73. The minimum absolute atomic E-state index is 0.211. The molecule has 0 bridgehead atoms. The smallest absolute Gasteiger partial charge is 0.132 e. The molecule has 0 aromatic carbocycles. The molecule has 5 nitrogen and oxygen atoms in total. The van der Waals surface area contributed by atoms with E-state index in [0.717, 1.165) is 11.1 Å². The summed E-state index contributed by atoms with van der Waals surface area (Å²) in [7, 11) is -2.56. The zero-order valence-electron chi connectivity index (χ0n) is 9.96. The first kappa shape index (κ1) is 12.5. The Balaban J connectivity index is 2.42. The number of nitrogens with two attached hydrogens (primary N) is 1. The molecule has 0 fully saturated rings. The Kier molecular flexibility index (Phi) is 3.29. The van der Waals surface area contributed by atoms with Gasteiger partial charge in [-0.2, -0.15) is 0 Å². The number of pyridine rings is 2. The van der Waals surface area contributed by atoms with Crippen LogP contribution in [0.25, 0.3) is 11.3 Å². The van der Waals surface area contributed by atoms with Crippen molar-refractivity contribution in [2.24, 2.45) is 0 Å². The largest absolute Gasteiger partial charge is 0.383 e. The molecule has 0 radical (unpaired) electrons. The fourth-order valence-electron chi connectivity index (χ4n) is 1.66. The molecular weight excluding hydrogens is 248 g/mol. The lowest BCUT2D eigenvalue weighted by atomic mass is 10.1. The highest BCUT2D eigenvalue weighted by molar-refractivity contribution is 7.90. The topological polar surface area (TPSA) is 92.7 Å². The molecule has 94 valence electrons. The van der Waals surface area contributed by atoms with Crippen LogP contribution in [0.15, 0.2) is 36.7 Å². The number of nitrogens with zero attached hydrogens (tertiary/aromatic N) is 2. The quantitative estimate of drug-likeness (QED) is 0.883. The fraction of sp³-hybridized carbons (Fsp3) is 0.167. The third-order valence-electron chi connectivity index (χ3n) is 2.38. The summed E-state index contributed by atoms with van der Waals surface area (Å²) >= 11 is 0. The van der Waals surface area contributed by atoms with Crippen LogP contribution in [-0.2, 0) is 15.5 Å². The highest BCUT2D eigenvalue weighted by Crippen LogP contribution is 2.22. The molecule has 2 rings (SSSR count). The molecule has 2 aromatic rings. The molecule has 0 amide bonds. The van der Waals surface area contributed by atoms with E-state index in [0.29, 0.717) is 11.5 Å². The minimum Gasteiger partial charge on any atom is -0.383 e. The zero-order valence-corrected chi connectivity index (χ0v) is 10.8. The maximum absolute atomic E-state index is 11.5. The first-order valence-corrected chi connectivity index (χ1v) is 7.46. The van der Waals surface area contributed by atoms with Crippen LogP contribution in [0.4, 0.5) is 5.82 Å². The average molecular weight is 262 g/mol. The zero-order chi connectivity index (χ0) is 13.2. The number of aromatic nitrogens is 2. The summed E-state index contributed by atoms with van der Waals surface area (Å²) in [6, 6.07) is 7.17. The molecule has 1 atom stereocenters. The summed E-state index contributed by atoms with van der Waals surface area (Å²) in [6.07, 6.45) is 4.67. The second-order valence-electron chi connectivity index (χ2n) is 4.13. The predicted molar refractivity (Wildman–Crippen MR) is 72.4 cm³/mol. The van der Waals surface area contributed by atoms with Gasteiger partial charge in [0.25, 0.3) is 0 Å². The van der Waals surface area contributed by atoms with Gasteiger partial charge in [0.15, 0.2) is 0 Å². The molecular formula is C12H14N4OS. The van der Waals surface area contributed by atoms with Crippen molar-refractivity contribution in [1.29, 1.82) is 4.78 Å². The van der Waals surface area contributed by atoms with Crippen LogP contribution < -0.4 is 5.73 Å². The SMILES string of the molecule is CS(=N)(=O)Cc1ccnc(-c2cccnc2N)c1. The van der Waals surface area contributed by atoms with Crippen molar-refractivity contribution in [3.8, 4) is 11.3 Å². The molecule has 18 heavy (non-hydrogen) atoms. The molecule has 6 heteroatoms. The fourth-order valence-corrected chi connectivity index (χ4v) is 2.48. The first-order valence-electron chi connectivity index (χ1n) is 5.33. The van der Waals surface area contributed by atoms with Crippen LogP contribution in [0, 0.1) is 4.78 Å². The van der Waals surface area contributed by atoms with Crippen LogP contribution in [0.2, 0.25) is 0 Å². The Labute approximate surface area is 106 Å². The van der Waals surface area contributed by atoms with Gasteiger partial charge >= 0.3 is 0 Å². The molecule has 0 spiro atoms. The van der Waals surface area contributed by atoms with Crippen molar-refractivity contribution in [1.82, 2.24) is 9.97 Å². The third kappa shape index (κ3) is 3.04. The number of rotatable bonds is 3. The molecule has 0 aliphatic carbocycles. The van der Waals surface area contributed by atoms with Gasteiger partial charge in [0.2, 0.25) is 0 Å². The summed E-state index contributed by atoms with van der Waals surface area (Å²) in [5.74, 6) is 0.619. The maximum atomic E-state index is 11.5.